The van der Waals surface area contributed by atoms with E-state index in [1.165, 1.54) is 0 Å². The van der Waals surface area contributed by atoms with E-state index in [1.54, 1.807) is 0 Å². The van der Waals surface area contributed by atoms with E-state index in [9.17, 15) is 4.79 Å². The molecule has 2 aliphatic heterocycles. The second kappa shape index (κ2) is 4.49. The molecule has 4 heteroatoms. The van der Waals surface area contributed by atoms with Crippen LogP contribution in [0.1, 0.15) is 19.8 Å². The van der Waals surface area contributed by atoms with Gasteiger partial charge in [0, 0.05) is 12.1 Å². The van der Waals surface area contributed by atoms with Crippen LogP contribution in [0.3, 0.4) is 0 Å². The lowest BCUT2D eigenvalue weighted by molar-refractivity contribution is -0.155. The molecule has 2 heterocycles. The van der Waals surface area contributed by atoms with Crippen molar-refractivity contribution in [1.82, 2.24) is 4.90 Å². The molecule has 86 valence electrons. The van der Waals surface area contributed by atoms with Crippen molar-refractivity contribution in [1.29, 1.82) is 0 Å². The van der Waals surface area contributed by atoms with E-state index >= 15 is 0 Å². The summed E-state index contributed by atoms with van der Waals surface area (Å²) in [6, 6.07) is 0.791. The third-order valence-corrected chi connectivity index (χ3v) is 3.51. The lowest BCUT2D eigenvalue weighted by Gasteiger charge is -2.45. The van der Waals surface area contributed by atoms with Gasteiger partial charge in [-0.1, -0.05) is 0 Å². The van der Waals surface area contributed by atoms with E-state index in [2.05, 4.69) is 11.9 Å². The highest BCUT2D eigenvalue weighted by Gasteiger charge is 2.39. The molecule has 2 fully saturated rings. The highest BCUT2D eigenvalue weighted by atomic mass is 16.5. The Bertz CT molecular complexity index is 230. The number of nitrogens with zero attached hydrogens (tertiary/aromatic N) is 1. The Morgan fingerprint density at radius 1 is 1.40 bits per heavy atom. The zero-order valence-corrected chi connectivity index (χ0v) is 9.44. The van der Waals surface area contributed by atoms with Gasteiger partial charge in [-0.05, 0) is 26.8 Å². The van der Waals surface area contributed by atoms with Gasteiger partial charge in [0.05, 0.1) is 25.7 Å². The average molecular weight is 213 g/mol. The Labute approximate surface area is 90.5 Å². The third kappa shape index (κ3) is 2.16. The van der Waals surface area contributed by atoms with Crippen molar-refractivity contribution in [3.05, 3.63) is 0 Å². The predicted molar refractivity (Wildman–Crippen MR) is 55.5 cm³/mol. The number of esters is 1. The standard InChI is InChI=1S/C11H19NO3/c1-3-15-11(13)8-4-9-6-14-7-10(5-8)12(9)2/h8-10H,3-7H2,1-2H3. The van der Waals surface area contributed by atoms with Crippen LogP contribution in [0.5, 0.6) is 0 Å². The van der Waals surface area contributed by atoms with Gasteiger partial charge < -0.3 is 9.47 Å². The van der Waals surface area contributed by atoms with Crippen molar-refractivity contribution in [2.24, 2.45) is 5.92 Å². The van der Waals surface area contributed by atoms with Crippen molar-refractivity contribution < 1.29 is 14.3 Å². The minimum absolute atomic E-state index is 0.0255. The van der Waals surface area contributed by atoms with E-state index < -0.39 is 0 Å². The zero-order chi connectivity index (χ0) is 10.8. The van der Waals surface area contributed by atoms with Crippen molar-refractivity contribution in [2.45, 2.75) is 31.8 Å². The lowest BCUT2D eigenvalue weighted by Crippen LogP contribution is -2.56. The summed E-state index contributed by atoms with van der Waals surface area (Å²) in [7, 11) is 2.12. The number of hydrogen-bond acceptors (Lipinski definition) is 4. The summed E-state index contributed by atoms with van der Waals surface area (Å²) in [4.78, 5) is 14.0. The van der Waals surface area contributed by atoms with E-state index in [-0.39, 0.29) is 11.9 Å². The fourth-order valence-electron chi connectivity index (χ4n) is 2.55. The van der Waals surface area contributed by atoms with Gasteiger partial charge >= 0.3 is 5.97 Å². The molecule has 2 unspecified atom stereocenters. The van der Waals surface area contributed by atoms with Crippen LogP contribution in [0.2, 0.25) is 0 Å². The van der Waals surface area contributed by atoms with Crippen LogP contribution in [-0.2, 0) is 14.3 Å². The summed E-state index contributed by atoms with van der Waals surface area (Å²) < 4.78 is 10.6. The quantitative estimate of drug-likeness (QED) is 0.632. The second-order valence-electron chi connectivity index (χ2n) is 4.43. The summed E-state index contributed by atoms with van der Waals surface area (Å²) in [5.74, 6) is 0.0579. The molecule has 0 spiro atoms. The number of carbonyl (C=O) groups excluding carboxylic acids is 1. The number of hydrogen-bond donors (Lipinski definition) is 0. The lowest BCUT2D eigenvalue weighted by atomic mass is 9.85. The highest BCUT2D eigenvalue weighted by Crippen LogP contribution is 2.30. The summed E-state index contributed by atoms with van der Waals surface area (Å²) in [5.41, 5.74) is 0. The van der Waals surface area contributed by atoms with E-state index in [4.69, 9.17) is 9.47 Å². The molecule has 0 aromatic heterocycles. The fourth-order valence-corrected chi connectivity index (χ4v) is 2.55. The van der Waals surface area contributed by atoms with Crippen LogP contribution in [0, 0.1) is 5.92 Å². The van der Waals surface area contributed by atoms with Crippen molar-refractivity contribution in [2.75, 3.05) is 26.9 Å². The van der Waals surface area contributed by atoms with Gasteiger partial charge in [-0.3, -0.25) is 9.69 Å². The Hall–Kier alpha value is -0.610. The fraction of sp³-hybridized carbons (Fsp3) is 0.909. The molecule has 2 saturated heterocycles. The number of ether oxygens (including phenoxy) is 2. The van der Waals surface area contributed by atoms with Gasteiger partial charge in [0.15, 0.2) is 0 Å². The van der Waals surface area contributed by atoms with E-state index in [0.717, 1.165) is 26.1 Å². The topological polar surface area (TPSA) is 38.8 Å². The molecule has 0 amide bonds. The summed E-state index contributed by atoms with van der Waals surface area (Å²) >= 11 is 0. The van der Waals surface area contributed by atoms with Crippen LogP contribution in [0.25, 0.3) is 0 Å². The molecule has 0 aromatic rings. The number of piperidine rings is 1. The molecular weight excluding hydrogens is 194 g/mol. The number of morpholine rings is 1. The van der Waals surface area contributed by atoms with E-state index in [0.29, 0.717) is 18.7 Å². The van der Waals surface area contributed by atoms with Crippen molar-refractivity contribution in [3.63, 3.8) is 0 Å². The molecule has 0 aliphatic carbocycles. The van der Waals surface area contributed by atoms with Crippen LogP contribution in [0.4, 0.5) is 0 Å². The van der Waals surface area contributed by atoms with Crippen LogP contribution >= 0.6 is 0 Å². The maximum absolute atomic E-state index is 11.7. The maximum Gasteiger partial charge on any atom is 0.309 e. The molecule has 0 N–H and O–H groups in total. The molecule has 0 aromatic carbocycles. The Kier molecular flexibility index (Phi) is 3.26. The maximum atomic E-state index is 11.7. The van der Waals surface area contributed by atoms with Crippen LogP contribution < -0.4 is 0 Å². The number of likely N-dealkylation sites (N-methyl/N-ethyl adjacent to an activating group) is 1. The second-order valence-corrected chi connectivity index (χ2v) is 4.43. The average Bonchev–Trinajstić information content (AvgIpc) is 2.17. The first-order valence-corrected chi connectivity index (χ1v) is 5.68. The Morgan fingerprint density at radius 2 is 2.00 bits per heavy atom. The molecule has 2 aliphatic rings. The highest BCUT2D eigenvalue weighted by molar-refractivity contribution is 5.72. The molecule has 2 bridgehead atoms. The number of fused-ring (bicyclic) bond motifs is 2. The minimum atomic E-state index is -0.0255. The molecular formula is C11H19NO3. The van der Waals surface area contributed by atoms with Crippen molar-refractivity contribution in [3.8, 4) is 0 Å². The van der Waals surface area contributed by atoms with Crippen LogP contribution in [0.15, 0.2) is 0 Å². The van der Waals surface area contributed by atoms with Gasteiger partial charge in [-0.2, -0.15) is 0 Å². The zero-order valence-electron chi connectivity index (χ0n) is 9.44. The van der Waals surface area contributed by atoms with Gasteiger partial charge in [0.2, 0.25) is 0 Å². The monoisotopic (exact) mass is 213 g/mol. The normalized spacial score (nSPS) is 36.3. The first-order chi connectivity index (χ1) is 7.22. The largest absolute Gasteiger partial charge is 0.466 e. The van der Waals surface area contributed by atoms with Gasteiger partial charge in [-0.25, -0.2) is 0 Å². The molecule has 2 rings (SSSR count). The van der Waals surface area contributed by atoms with Crippen molar-refractivity contribution >= 4 is 5.97 Å². The van der Waals surface area contributed by atoms with Crippen LogP contribution in [-0.4, -0.2) is 49.8 Å². The molecule has 2 atom stereocenters. The van der Waals surface area contributed by atoms with Gasteiger partial charge in [0.25, 0.3) is 0 Å². The van der Waals surface area contributed by atoms with E-state index in [1.807, 2.05) is 6.92 Å². The number of rotatable bonds is 2. The molecule has 0 saturated carbocycles. The Morgan fingerprint density at radius 3 is 2.53 bits per heavy atom. The molecule has 0 radical (unpaired) electrons. The smallest absolute Gasteiger partial charge is 0.309 e. The SMILES string of the molecule is CCOC(=O)C1CC2COCC(C1)N2C. The predicted octanol–water partition coefficient (Wildman–Crippen LogP) is 0.659. The number of carbonyl (C=O) groups is 1. The Balaban J connectivity index is 1.98. The minimum Gasteiger partial charge on any atom is -0.466 e. The summed E-state index contributed by atoms with van der Waals surface area (Å²) in [6.07, 6.45) is 1.76. The molecule has 15 heavy (non-hydrogen) atoms. The molecule has 4 nitrogen and oxygen atoms in total. The summed E-state index contributed by atoms with van der Waals surface area (Å²) in [6.45, 7) is 3.85. The summed E-state index contributed by atoms with van der Waals surface area (Å²) in [5, 5.41) is 0. The van der Waals surface area contributed by atoms with Gasteiger partial charge in [-0.15, -0.1) is 0 Å². The third-order valence-electron chi connectivity index (χ3n) is 3.51. The first kappa shape index (κ1) is 10.9. The first-order valence-electron chi connectivity index (χ1n) is 5.68. The van der Waals surface area contributed by atoms with Gasteiger partial charge in [0.1, 0.15) is 0 Å².